The molecule has 154 valence electrons. The van der Waals surface area contributed by atoms with Crippen LogP contribution in [0.1, 0.15) is 36.2 Å². The molecule has 2 aromatic heterocycles. The van der Waals surface area contributed by atoms with Crippen LogP contribution in [0.2, 0.25) is 0 Å². The summed E-state index contributed by atoms with van der Waals surface area (Å²) >= 11 is 0. The van der Waals surface area contributed by atoms with Gasteiger partial charge in [-0.2, -0.15) is 0 Å². The van der Waals surface area contributed by atoms with Gasteiger partial charge in [-0.3, -0.25) is 9.36 Å². The van der Waals surface area contributed by atoms with Crippen LogP contribution in [0.15, 0.2) is 43.0 Å². The standard InChI is InChI=1S/C22H23N5O3/c1-15-11-19(26-21(25-15)27-10-9-23-13-27)22(6-7-22)20(28)24-8-2-3-16-4-5-17-18(12-16)30-14-29-17/h4-5,9-13H,2-3,6-8,14H2,1H3,(H,24,28). The second-order valence-corrected chi connectivity index (χ2v) is 7.79. The number of nitrogens with zero attached hydrogens (tertiary/aromatic N) is 4. The Hall–Kier alpha value is -3.42. The minimum absolute atomic E-state index is 0.0443. The van der Waals surface area contributed by atoms with Crippen molar-refractivity contribution in [1.29, 1.82) is 0 Å². The Bertz CT molecular complexity index is 1080. The zero-order chi connectivity index (χ0) is 20.6. The van der Waals surface area contributed by atoms with Gasteiger partial charge in [0.25, 0.3) is 0 Å². The van der Waals surface area contributed by atoms with Crippen LogP contribution in [0.5, 0.6) is 11.5 Å². The van der Waals surface area contributed by atoms with E-state index in [1.54, 1.807) is 23.3 Å². The maximum Gasteiger partial charge on any atom is 0.235 e. The van der Waals surface area contributed by atoms with Crippen LogP contribution in [-0.2, 0) is 16.6 Å². The van der Waals surface area contributed by atoms with Gasteiger partial charge in [-0.25, -0.2) is 15.0 Å². The van der Waals surface area contributed by atoms with Gasteiger partial charge in [0.15, 0.2) is 11.5 Å². The Morgan fingerprint density at radius 3 is 2.87 bits per heavy atom. The molecular formula is C22H23N5O3. The minimum atomic E-state index is -0.540. The third kappa shape index (κ3) is 3.49. The van der Waals surface area contributed by atoms with E-state index in [9.17, 15) is 4.79 Å². The lowest BCUT2D eigenvalue weighted by molar-refractivity contribution is -0.123. The number of nitrogens with one attached hydrogen (secondary N) is 1. The summed E-state index contributed by atoms with van der Waals surface area (Å²) in [5, 5.41) is 3.11. The number of ether oxygens (including phenoxy) is 2. The van der Waals surface area contributed by atoms with Gasteiger partial charge in [-0.1, -0.05) is 6.07 Å². The number of carbonyl (C=O) groups is 1. The van der Waals surface area contributed by atoms with Crippen molar-refractivity contribution in [2.75, 3.05) is 13.3 Å². The molecule has 1 N–H and O–H groups in total. The van der Waals surface area contributed by atoms with Gasteiger partial charge in [-0.05, 0) is 56.4 Å². The number of fused-ring (bicyclic) bond motifs is 1. The first-order valence-electron chi connectivity index (χ1n) is 10.2. The third-order valence-electron chi connectivity index (χ3n) is 5.62. The van der Waals surface area contributed by atoms with E-state index < -0.39 is 5.41 Å². The molecule has 1 fully saturated rings. The minimum Gasteiger partial charge on any atom is -0.454 e. The molecule has 5 rings (SSSR count). The lowest BCUT2D eigenvalue weighted by Crippen LogP contribution is -2.36. The first-order valence-corrected chi connectivity index (χ1v) is 10.2. The van der Waals surface area contributed by atoms with Gasteiger partial charge in [0.1, 0.15) is 6.33 Å². The quantitative estimate of drug-likeness (QED) is 0.608. The number of aryl methyl sites for hydroxylation is 2. The topological polar surface area (TPSA) is 91.2 Å². The molecule has 0 unspecified atom stereocenters. The Balaban J connectivity index is 1.21. The van der Waals surface area contributed by atoms with Gasteiger partial charge in [0.2, 0.25) is 18.6 Å². The molecular weight excluding hydrogens is 382 g/mol. The summed E-state index contributed by atoms with van der Waals surface area (Å²) in [6.45, 7) is 2.82. The van der Waals surface area contributed by atoms with Crippen LogP contribution >= 0.6 is 0 Å². The maximum absolute atomic E-state index is 13.0. The highest BCUT2D eigenvalue weighted by molar-refractivity contribution is 5.90. The Morgan fingerprint density at radius 2 is 2.07 bits per heavy atom. The SMILES string of the molecule is Cc1cc(C2(C(=O)NCCCc3ccc4c(c3)OCO4)CC2)nc(-n2ccnc2)n1. The van der Waals surface area contributed by atoms with E-state index in [-0.39, 0.29) is 12.7 Å². The average Bonchev–Trinajstić information content (AvgIpc) is 3.15. The van der Waals surface area contributed by atoms with Crippen LogP contribution in [0.25, 0.3) is 5.95 Å². The van der Waals surface area contributed by atoms with E-state index in [0.29, 0.717) is 12.5 Å². The zero-order valence-electron chi connectivity index (χ0n) is 16.8. The molecule has 1 aromatic carbocycles. The van der Waals surface area contributed by atoms with Gasteiger partial charge in [-0.15, -0.1) is 0 Å². The van der Waals surface area contributed by atoms with E-state index in [1.165, 1.54) is 5.56 Å². The van der Waals surface area contributed by atoms with Crippen LogP contribution in [0, 0.1) is 6.92 Å². The van der Waals surface area contributed by atoms with Crippen molar-refractivity contribution in [3.8, 4) is 17.4 Å². The monoisotopic (exact) mass is 405 g/mol. The summed E-state index contributed by atoms with van der Waals surface area (Å²) in [7, 11) is 0. The first-order chi connectivity index (χ1) is 14.6. The normalized spacial score (nSPS) is 15.8. The van der Waals surface area contributed by atoms with Crippen molar-refractivity contribution in [2.24, 2.45) is 0 Å². The molecule has 0 radical (unpaired) electrons. The molecule has 1 saturated carbocycles. The van der Waals surface area contributed by atoms with Crippen molar-refractivity contribution in [2.45, 2.75) is 38.0 Å². The lowest BCUT2D eigenvalue weighted by Gasteiger charge is -2.16. The van der Waals surface area contributed by atoms with Crippen molar-refractivity contribution in [3.63, 3.8) is 0 Å². The van der Waals surface area contributed by atoms with Crippen molar-refractivity contribution >= 4 is 5.91 Å². The molecule has 0 saturated heterocycles. The van der Waals surface area contributed by atoms with Crippen LogP contribution < -0.4 is 14.8 Å². The van der Waals surface area contributed by atoms with E-state index in [0.717, 1.165) is 48.6 Å². The second kappa shape index (κ2) is 7.44. The third-order valence-corrected chi connectivity index (χ3v) is 5.62. The molecule has 30 heavy (non-hydrogen) atoms. The summed E-state index contributed by atoms with van der Waals surface area (Å²) in [6.07, 6.45) is 8.47. The lowest BCUT2D eigenvalue weighted by atomic mass is 10.00. The van der Waals surface area contributed by atoms with E-state index in [1.807, 2.05) is 31.2 Å². The predicted octanol–water partition coefficient (Wildman–Crippen LogP) is 2.48. The number of rotatable bonds is 7. The Kier molecular flexibility index (Phi) is 4.61. The summed E-state index contributed by atoms with van der Waals surface area (Å²) in [4.78, 5) is 26.2. The molecule has 0 atom stereocenters. The molecule has 1 amide bonds. The number of imidazole rings is 1. The molecule has 3 aromatic rings. The second-order valence-electron chi connectivity index (χ2n) is 7.79. The fraction of sp³-hybridized carbons (Fsp3) is 0.364. The van der Waals surface area contributed by atoms with Crippen molar-refractivity contribution in [1.82, 2.24) is 24.8 Å². The summed E-state index contributed by atoms with van der Waals surface area (Å²) in [5.41, 5.74) is 2.26. The van der Waals surface area contributed by atoms with E-state index >= 15 is 0 Å². The number of benzene rings is 1. The number of carbonyl (C=O) groups excluding carboxylic acids is 1. The number of aromatic nitrogens is 4. The average molecular weight is 405 g/mol. The van der Waals surface area contributed by atoms with E-state index in [2.05, 4.69) is 20.3 Å². The van der Waals surface area contributed by atoms with Crippen molar-refractivity contribution < 1.29 is 14.3 Å². The highest BCUT2D eigenvalue weighted by atomic mass is 16.7. The molecule has 0 bridgehead atoms. The van der Waals surface area contributed by atoms with Crippen LogP contribution in [-0.4, -0.2) is 38.8 Å². The fourth-order valence-electron chi connectivity index (χ4n) is 3.78. The zero-order valence-corrected chi connectivity index (χ0v) is 16.8. The van der Waals surface area contributed by atoms with Gasteiger partial charge < -0.3 is 14.8 Å². The summed E-state index contributed by atoms with van der Waals surface area (Å²) < 4.78 is 12.5. The van der Waals surface area contributed by atoms with Gasteiger partial charge >= 0.3 is 0 Å². The van der Waals surface area contributed by atoms with Gasteiger partial charge in [0.05, 0.1) is 11.1 Å². The summed E-state index contributed by atoms with van der Waals surface area (Å²) in [6, 6.07) is 7.90. The molecule has 1 aliphatic heterocycles. The molecule has 0 spiro atoms. The number of hydrogen-bond donors (Lipinski definition) is 1. The molecule has 8 nitrogen and oxygen atoms in total. The smallest absolute Gasteiger partial charge is 0.235 e. The maximum atomic E-state index is 13.0. The molecule has 8 heteroatoms. The highest BCUT2D eigenvalue weighted by Crippen LogP contribution is 2.47. The highest BCUT2D eigenvalue weighted by Gasteiger charge is 2.52. The molecule has 3 heterocycles. The molecule has 1 aliphatic carbocycles. The molecule has 2 aliphatic rings. The first kappa shape index (κ1) is 18.6. The Labute approximate surface area is 174 Å². The largest absolute Gasteiger partial charge is 0.454 e. The number of amides is 1. The van der Waals surface area contributed by atoms with Gasteiger partial charge in [0, 0.05) is 24.6 Å². The summed E-state index contributed by atoms with van der Waals surface area (Å²) in [5.74, 6) is 2.17. The fourth-order valence-corrected chi connectivity index (χ4v) is 3.78. The number of hydrogen-bond acceptors (Lipinski definition) is 6. The van der Waals surface area contributed by atoms with Crippen LogP contribution in [0.3, 0.4) is 0 Å². The van der Waals surface area contributed by atoms with E-state index in [4.69, 9.17) is 9.47 Å². The Morgan fingerprint density at radius 1 is 1.20 bits per heavy atom. The van der Waals surface area contributed by atoms with Crippen LogP contribution in [0.4, 0.5) is 0 Å². The predicted molar refractivity (Wildman–Crippen MR) is 109 cm³/mol. The van der Waals surface area contributed by atoms with Crippen molar-refractivity contribution in [3.05, 3.63) is 59.9 Å².